The molecule has 8 heteroatoms. The van der Waals surface area contributed by atoms with E-state index < -0.39 is 11.8 Å². The summed E-state index contributed by atoms with van der Waals surface area (Å²) in [6.45, 7) is 0. The predicted molar refractivity (Wildman–Crippen MR) is 110 cm³/mol. The number of amides is 2. The summed E-state index contributed by atoms with van der Waals surface area (Å²) in [6.07, 6.45) is 1.19. The van der Waals surface area contributed by atoms with Gasteiger partial charge in [-0.2, -0.15) is 15.4 Å². The van der Waals surface area contributed by atoms with Crippen LogP contribution in [0.15, 0.2) is 90.7 Å². The van der Waals surface area contributed by atoms with Crippen LogP contribution in [0.2, 0.25) is 0 Å². The molecule has 8 nitrogen and oxygen atoms in total. The number of anilines is 2. The highest BCUT2D eigenvalue weighted by Crippen LogP contribution is 2.31. The minimum atomic E-state index is -0.474. The third-order valence-corrected chi connectivity index (χ3v) is 4.65. The van der Waals surface area contributed by atoms with Gasteiger partial charge in [-0.15, -0.1) is 0 Å². The molecule has 0 atom stereocenters. The van der Waals surface area contributed by atoms with Crippen LogP contribution in [0, 0.1) is 0 Å². The first-order valence-corrected chi connectivity index (χ1v) is 9.19. The lowest BCUT2D eigenvalue weighted by Gasteiger charge is -2.27. The van der Waals surface area contributed by atoms with E-state index in [2.05, 4.69) is 15.4 Å². The predicted octanol–water partition coefficient (Wildman–Crippen LogP) is 3.22. The molecule has 1 aromatic heterocycles. The summed E-state index contributed by atoms with van der Waals surface area (Å²) >= 11 is 0. The highest BCUT2D eigenvalue weighted by molar-refractivity contribution is 6.35. The summed E-state index contributed by atoms with van der Waals surface area (Å²) in [6, 6.07) is 23.1. The van der Waals surface area contributed by atoms with E-state index in [-0.39, 0.29) is 5.57 Å². The van der Waals surface area contributed by atoms with Gasteiger partial charge in [-0.05, 0) is 36.4 Å². The minimum absolute atomic E-state index is 0.0806. The lowest BCUT2D eigenvalue weighted by Crippen LogP contribution is -2.41. The van der Waals surface area contributed by atoms with E-state index in [0.29, 0.717) is 28.2 Å². The molecule has 2 heterocycles. The van der Waals surface area contributed by atoms with Gasteiger partial charge < -0.3 is 4.74 Å². The molecule has 1 aliphatic heterocycles. The fourth-order valence-electron chi connectivity index (χ4n) is 3.23. The number of aromatic nitrogens is 3. The van der Waals surface area contributed by atoms with E-state index in [1.165, 1.54) is 16.3 Å². The maximum absolute atomic E-state index is 13.2. The molecule has 0 radical (unpaired) electrons. The molecule has 5 rings (SSSR count). The molecule has 0 aliphatic carbocycles. The number of hydrogen-bond donors (Lipinski definition) is 1. The molecule has 0 spiro atoms. The SMILES string of the molecule is O=C1C(=COc2ccc3n[nH]nc3c2)C(=O)N(c2ccccc2)N1c1ccccc1. The number of rotatable bonds is 4. The Labute approximate surface area is 171 Å². The largest absolute Gasteiger partial charge is 0.464 e. The summed E-state index contributed by atoms with van der Waals surface area (Å²) in [5, 5.41) is 13.2. The third-order valence-electron chi connectivity index (χ3n) is 4.65. The van der Waals surface area contributed by atoms with Crippen LogP contribution in [-0.2, 0) is 9.59 Å². The molecule has 0 bridgehead atoms. The number of para-hydroxylation sites is 2. The number of nitrogens with one attached hydrogen (secondary N) is 1. The van der Waals surface area contributed by atoms with Gasteiger partial charge in [-0.25, -0.2) is 10.0 Å². The first-order valence-electron chi connectivity index (χ1n) is 9.19. The molecule has 0 saturated carbocycles. The highest BCUT2D eigenvalue weighted by atomic mass is 16.5. The monoisotopic (exact) mass is 397 g/mol. The van der Waals surface area contributed by atoms with E-state index in [4.69, 9.17) is 4.74 Å². The van der Waals surface area contributed by atoms with Crippen LogP contribution in [0.5, 0.6) is 5.75 Å². The second-order valence-electron chi connectivity index (χ2n) is 6.53. The van der Waals surface area contributed by atoms with Crippen molar-refractivity contribution in [3.05, 3.63) is 90.7 Å². The van der Waals surface area contributed by atoms with E-state index >= 15 is 0 Å². The second-order valence-corrected chi connectivity index (χ2v) is 6.53. The number of benzene rings is 3. The average molecular weight is 397 g/mol. The zero-order valence-corrected chi connectivity index (χ0v) is 15.6. The molecule has 30 heavy (non-hydrogen) atoms. The standard InChI is InChI=1S/C22H15N5O3/c28-21-18(14-30-17-11-12-19-20(13-17)24-25-23-19)22(29)27(16-9-5-2-6-10-16)26(21)15-7-3-1-4-8-15/h1-14H,(H,23,24,25). The number of hydrazine groups is 1. The van der Waals surface area contributed by atoms with Gasteiger partial charge in [0.05, 0.1) is 11.4 Å². The Bertz CT molecular complexity index is 1210. The lowest BCUT2D eigenvalue weighted by molar-refractivity contribution is -0.116. The molecule has 146 valence electrons. The van der Waals surface area contributed by atoms with Gasteiger partial charge in [0.1, 0.15) is 28.6 Å². The Morgan fingerprint density at radius 2 is 1.30 bits per heavy atom. The van der Waals surface area contributed by atoms with Gasteiger partial charge in [0, 0.05) is 6.07 Å². The van der Waals surface area contributed by atoms with Crippen LogP contribution in [-0.4, -0.2) is 27.2 Å². The number of nitrogens with zero attached hydrogens (tertiary/aromatic N) is 4. The Morgan fingerprint density at radius 3 is 1.90 bits per heavy atom. The van der Waals surface area contributed by atoms with Gasteiger partial charge in [-0.1, -0.05) is 36.4 Å². The number of carbonyl (C=O) groups is 2. The van der Waals surface area contributed by atoms with Gasteiger partial charge >= 0.3 is 0 Å². The Kier molecular flexibility index (Phi) is 4.21. The summed E-state index contributed by atoms with van der Waals surface area (Å²) in [5.74, 6) is -0.510. The van der Waals surface area contributed by atoms with Crippen LogP contribution in [0.4, 0.5) is 11.4 Å². The lowest BCUT2D eigenvalue weighted by atomic mass is 10.2. The smallest absolute Gasteiger partial charge is 0.286 e. The average Bonchev–Trinajstić information content (AvgIpc) is 3.35. The van der Waals surface area contributed by atoms with Crippen molar-refractivity contribution < 1.29 is 14.3 Å². The first-order chi connectivity index (χ1) is 14.7. The highest BCUT2D eigenvalue weighted by Gasteiger charge is 2.43. The van der Waals surface area contributed by atoms with E-state index in [0.717, 1.165) is 0 Å². The molecular formula is C22H15N5O3. The number of H-pyrrole nitrogens is 1. The minimum Gasteiger partial charge on any atom is -0.464 e. The molecule has 2 amide bonds. The quantitative estimate of drug-likeness (QED) is 0.324. The number of ether oxygens (including phenoxy) is 1. The fourth-order valence-corrected chi connectivity index (χ4v) is 3.23. The second kappa shape index (κ2) is 7.17. The molecule has 1 N–H and O–H groups in total. The number of aromatic amines is 1. The molecule has 1 aliphatic rings. The summed E-state index contributed by atoms with van der Waals surface area (Å²) in [4.78, 5) is 26.4. The van der Waals surface area contributed by atoms with Crippen molar-refractivity contribution in [2.75, 3.05) is 10.0 Å². The van der Waals surface area contributed by atoms with Crippen LogP contribution in [0.3, 0.4) is 0 Å². The summed E-state index contributed by atoms with van der Waals surface area (Å²) in [7, 11) is 0. The van der Waals surface area contributed by atoms with Gasteiger partial charge in [0.15, 0.2) is 0 Å². The number of carbonyl (C=O) groups excluding carboxylic acids is 2. The Hall–Kier alpha value is -4.46. The Balaban J connectivity index is 1.53. The normalized spacial score (nSPS) is 13.9. The first kappa shape index (κ1) is 17.6. The number of fused-ring (bicyclic) bond motifs is 1. The van der Waals surface area contributed by atoms with E-state index in [1.54, 1.807) is 42.5 Å². The molecule has 1 fully saturated rings. The maximum atomic E-state index is 13.2. The van der Waals surface area contributed by atoms with Crippen LogP contribution >= 0.6 is 0 Å². The van der Waals surface area contributed by atoms with Gasteiger partial charge in [0.2, 0.25) is 0 Å². The summed E-state index contributed by atoms with van der Waals surface area (Å²) < 4.78 is 5.64. The zero-order valence-electron chi connectivity index (χ0n) is 15.6. The summed E-state index contributed by atoms with van der Waals surface area (Å²) in [5.41, 5.74) is 2.38. The zero-order chi connectivity index (χ0) is 20.5. The molecule has 1 saturated heterocycles. The number of hydrogen-bond acceptors (Lipinski definition) is 5. The van der Waals surface area contributed by atoms with E-state index in [1.807, 2.05) is 36.4 Å². The molecule has 4 aromatic rings. The van der Waals surface area contributed by atoms with Gasteiger partial charge in [0.25, 0.3) is 11.8 Å². The van der Waals surface area contributed by atoms with Crippen molar-refractivity contribution in [3.63, 3.8) is 0 Å². The van der Waals surface area contributed by atoms with Crippen molar-refractivity contribution in [2.24, 2.45) is 0 Å². The molecule has 3 aromatic carbocycles. The van der Waals surface area contributed by atoms with Crippen molar-refractivity contribution >= 4 is 34.2 Å². The van der Waals surface area contributed by atoms with Crippen molar-refractivity contribution in [2.45, 2.75) is 0 Å². The van der Waals surface area contributed by atoms with Crippen molar-refractivity contribution in [3.8, 4) is 5.75 Å². The Morgan fingerprint density at radius 1 is 0.733 bits per heavy atom. The fraction of sp³-hybridized carbons (Fsp3) is 0. The van der Waals surface area contributed by atoms with Crippen LogP contribution in [0.25, 0.3) is 11.0 Å². The van der Waals surface area contributed by atoms with Crippen LogP contribution in [0.1, 0.15) is 0 Å². The van der Waals surface area contributed by atoms with Crippen LogP contribution < -0.4 is 14.8 Å². The maximum Gasteiger partial charge on any atom is 0.286 e. The van der Waals surface area contributed by atoms with Crippen molar-refractivity contribution in [1.29, 1.82) is 0 Å². The van der Waals surface area contributed by atoms with E-state index in [9.17, 15) is 9.59 Å². The van der Waals surface area contributed by atoms with Crippen molar-refractivity contribution in [1.82, 2.24) is 15.4 Å². The molecular weight excluding hydrogens is 382 g/mol. The third kappa shape index (κ3) is 2.96. The topological polar surface area (TPSA) is 91.4 Å². The molecule has 0 unspecified atom stereocenters. The van der Waals surface area contributed by atoms with Gasteiger partial charge in [-0.3, -0.25) is 9.59 Å².